The van der Waals surface area contributed by atoms with Gasteiger partial charge in [-0.1, -0.05) is 18.2 Å². The molecule has 1 atom stereocenters. The first kappa shape index (κ1) is 21.0. The number of amides is 1. The van der Waals surface area contributed by atoms with Crippen molar-refractivity contribution in [2.24, 2.45) is 0 Å². The summed E-state index contributed by atoms with van der Waals surface area (Å²) in [7, 11) is 1.91. The van der Waals surface area contributed by atoms with Crippen LogP contribution in [0.1, 0.15) is 25.7 Å². The summed E-state index contributed by atoms with van der Waals surface area (Å²) in [6.45, 7) is 2.89. The molecule has 0 spiro atoms. The third kappa shape index (κ3) is 6.86. The van der Waals surface area contributed by atoms with Gasteiger partial charge in [0.1, 0.15) is 0 Å². The minimum absolute atomic E-state index is 0. The molecule has 0 saturated carbocycles. The normalized spacial score (nSPS) is 17.1. The molecular formula is C16H27Cl2N3O. The largest absolute Gasteiger partial charge is 0.369 e. The molecule has 1 aliphatic rings. The van der Waals surface area contributed by atoms with E-state index in [2.05, 4.69) is 39.8 Å². The molecule has 1 unspecified atom stereocenters. The van der Waals surface area contributed by atoms with Gasteiger partial charge in [-0.05, 0) is 45.0 Å². The molecule has 1 aliphatic heterocycles. The van der Waals surface area contributed by atoms with Gasteiger partial charge >= 0.3 is 0 Å². The Bertz CT molecular complexity index is 417. The van der Waals surface area contributed by atoms with Crippen molar-refractivity contribution in [3.05, 3.63) is 30.3 Å². The second-order valence-corrected chi connectivity index (χ2v) is 5.40. The van der Waals surface area contributed by atoms with E-state index in [0.717, 1.165) is 38.9 Å². The predicted molar refractivity (Wildman–Crippen MR) is 97.5 cm³/mol. The number of benzene rings is 1. The van der Waals surface area contributed by atoms with Crippen LogP contribution in [0.15, 0.2) is 30.3 Å². The Kier molecular flexibility index (Phi) is 11.1. The smallest absolute Gasteiger partial charge is 0.220 e. The minimum atomic E-state index is 0. The number of para-hydroxylation sites is 1. The third-order valence-corrected chi connectivity index (χ3v) is 3.74. The highest BCUT2D eigenvalue weighted by Gasteiger charge is 2.21. The fourth-order valence-corrected chi connectivity index (χ4v) is 2.69. The van der Waals surface area contributed by atoms with Crippen LogP contribution in [0.3, 0.4) is 0 Å². The van der Waals surface area contributed by atoms with Gasteiger partial charge in [0.05, 0.1) is 0 Å². The van der Waals surface area contributed by atoms with Crippen LogP contribution in [0.2, 0.25) is 0 Å². The van der Waals surface area contributed by atoms with E-state index in [9.17, 15) is 4.79 Å². The second-order valence-electron chi connectivity index (χ2n) is 5.40. The monoisotopic (exact) mass is 347 g/mol. The van der Waals surface area contributed by atoms with Crippen LogP contribution in [0.4, 0.5) is 5.69 Å². The molecule has 1 aromatic rings. The number of nitrogens with one attached hydrogen (secondary N) is 2. The molecule has 1 saturated heterocycles. The SMILES string of the molecule is CNCCCC(=O)NC1CCCN(c2ccccc2)C1.Cl.Cl. The number of hydrogen-bond acceptors (Lipinski definition) is 3. The number of piperidine rings is 1. The Hall–Kier alpha value is -0.970. The molecule has 2 N–H and O–H groups in total. The molecule has 0 aromatic heterocycles. The lowest BCUT2D eigenvalue weighted by molar-refractivity contribution is -0.121. The average Bonchev–Trinajstić information content (AvgIpc) is 2.49. The Labute approximate surface area is 145 Å². The highest BCUT2D eigenvalue weighted by molar-refractivity contribution is 5.85. The highest BCUT2D eigenvalue weighted by atomic mass is 35.5. The molecule has 0 radical (unpaired) electrons. The van der Waals surface area contributed by atoms with Crippen LogP contribution in [0, 0.1) is 0 Å². The van der Waals surface area contributed by atoms with Crippen LogP contribution in [-0.4, -0.2) is 38.6 Å². The predicted octanol–water partition coefficient (Wildman–Crippen LogP) is 2.61. The summed E-state index contributed by atoms with van der Waals surface area (Å²) in [6.07, 6.45) is 3.73. The van der Waals surface area contributed by atoms with E-state index in [4.69, 9.17) is 0 Å². The summed E-state index contributed by atoms with van der Waals surface area (Å²) in [4.78, 5) is 14.2. The molecule has 1 amide bonds. The van der Waals surface area contributed by atoms with Gasteiger partial charge in [0, 0.05) is 31.2 Å². The molecule has 0 aliphatic carbocycles. The number of carbonyl (C=O) groups is 1. The summed E-state index contributed by atoms with van der Waals surface area (Å²) in [5, 5.41) is 6.24. The van der Waals surface area contributed by atoms with Crippen molar-refractivity contribution >= 4 is 36.4 Å². The fourth-order valence-electron chi connectivity index (χ4n) is 2.69. The van der Waals surface area contributed by atoms with Crippen LogP contribution < -0.4 is 15.5 Å². The number of carbonyl (C=O) groups excluding carboxylic acids is 1. The first-order valence-corrected chi connectivity index (χ1v) is 7.53. The first-order chi connectivity index (χ1) is 9.79. The third-order valence-electron chi connectivity index (χ3n) is 3.74. The lowest BCUT2D eigenvalue weighted by atomic mass is 10.0. The topological polar surface area (TPSA) is 44.4 Å². The van der Waals surface area contributed by atoms with Crippen LogP contribution >= 0.6 is 24.8 Å². The molecule has 4 nitrogen and oxygen atoms in total. The van der Waals surface area contributed by atoms with Gasteiger partial charge in [-0.3, -0.25) is 4.79 Å². The van der Waals surface area contributed by atoms with Gasteiger partial charge in [-0.2, -0.15) is 0 Å². The molecule has 6 heteroatoms. The average molecular weight is 348 g/mol. The standard InChI is InChI=1S/C16H25N3O.2ClH/c1-17-11-5-10-16(20)18-14-7-6-12-19(13-14)15-8-3-2-4-9-15;;/h2-4,8-9,14,17H,5-7,10-13H2,1H3,(H,18,20);2*1H. The van der Waals surface area contributed by atoms with E-state index in [1.807, 2.05) is 13.1 Å². The Morgan fingerprint density at radius 2 is 2.00 bits per heavy atom. The summed E-state index contributed by atoms with van der Waals surface area (Å²) in [5.41, 5.74) is 1.25. The van der Waals surface area contributed by atoms with Crippen molar-refractivity contribution in [3.63, 3.8) is 0 Å². The van der Waals surface area contributed by atoms with Gasteiger partial charge in [-0.25, -0.2) is 0 Å². The van der Waals surface area contributed by atoms with Crippen molar-refractivity contribution in [2.45, 2.75) is 31.7 Å². The number of rotatable bonds is 6. The van der Waals surface area contributed by atoms with Gasteiger partial charge in [0.15, 0.2) is 0 Å². The van der Waals surface area contributed by atoms with Gasteiger partial charge in [-0.15, -0.1) is 24.8 Å². The fraction of sp³-hybridized carbons (Fsp3) is 0.562. The van der Waals surface area contributed by atoms with Crippen LogP contribution in [-0.2, 0) is 4.79 Å². The van der Waals surface area contributed by atoms with E-state index >= 15 is 0 Å². The van der Waals surface area contributed by atoms with Crippen molar-refractivity contribution < 1.29 is 4.79 Å². The zero-order chi connectivity index (χ0) is 14.2. The summed E-state index contributed by atoms with van der Waals surface area (Å²) in [6, 6.07) is 10.7. The molecule has 22 heavy (non-hydrogen) atoms. The zero-order valence-electron chi connectivity index (χ0n) is 13.1. The zero-order valence-corrected chi connectivity index (χ0v) is 14.7. The number of anilines is 1. The van der Waals surface area contributed by atoms with Crippen molar-refractivity contribution in [3.8, 4) is 0 Å². The Morgan fingerprint density at radius 1 is 1.27 bits per heavy atom. The number of halogens is 2. The molecule has 126 valence electrons. The maximum absolute atomic E-state index is 11.9. The van der Waals surface area contributed by atoms with E-state index in [-0.39, 0.29) is 36.8 Å². The Balaban J connectivity index is 0.00000220. The van der Waals surface area contributed by atoms with E-state index in [1.165, 1.54) is 5.69 Å². The summed E-state index contributed by atoms with van der Waals surface area (Å²) < 4.78 is 0. The maximum atomic E-state index is 11.9. The van der Waals surface area contributed by atoms with Crippen LogP contribution in [0.5, 0.6) is 0 Å². The van der Waals surface area contributed by atoms with Gasteiger partial charge in [0.2, 0.25) is 5.91 Å². The van der Waals surface area contributed by atoms with E-state index in [1.54, 1.807) is 0 Å². The van der Waals surface area contributed by atoms with Gasteiger partial charge in [0.25, 0.3) is 0 Å². The number of nitrogens with zero attached hydrogens (tertiary/aromatic N) is 1. The molecule has 1 fully saturated rings. The van der Waals surface area contributed by atoms with Crippen molar-refractivity contribution in [1.29, 1.82) is 0 Å². The minimum Gasteiger partial charge on any atom is -0.369 e. The summed E-state index contributed by atoms with van der Waals surface area (Å²) in [5.74, 6) is 0.181. The molecule has 1 aromatic carbocycles. The molecule has 0 bridgehead atoms. The van der Waals surface area contributed by atoms with Crippen LogP contribution in [0.25, 0.3) is 0 Å². The quantitative estimate of drug-likeness (QED) is 0.777. The van der Waals surface area contributed by atoms with Crippen molar-refractivity contribution in [2.75, 3.05) is 31.6 Å². The Morgan fingerprint density at radius 3 is 2.68 bits per heavy atom. The lowest BCUT2D eigenvalue weighted by Gasteiger charge is -2.34. The molecular weight excluding hydrogens is 321 g/mol. The lowest BCUT2D eigenvalue weighted by Crippen LogP contribution is -2.47. The summed E-state index contributed by atoms with van der Waals surface area (Å²) >= 11 is 0. The highest BCUT2D eigenvalue weighted by Crippen LogP contribution is 2.19. The molecule has 1 heterocycles. The first-order valence-electron chi connectivity index (χ1n) is 7.53. The van der Waals surface area contributed by atoms with Gasteiger partial charge < -0.3 is 15.5 Å². The van der Waals surface area contributed by atoms with Crippen molar-refractivity contribution in [1.82, 2.24) is 10.6 Å². The van der Waals surface area contributed by atoms with E-state index < -0.39 is 0 Å². The molecule has 2 rings (SSSR count). The number of hydrogen-bond donors (Lipinski definition) is 2. The van der Waals surface area contributed by atoms with E-state index in [0.29, 0.717) is 6.42 Å². The second kappa shape index (κ2) is 11.6. The maximum Gasteiger partial charge on any atom is 0.220 e.